The highest BCUT2D eigenvalue weighted by Gasteiger charge is 2.38. The first-order chi connectivity index (χ1) is 3.88. The van der Waals surface area contributed by atoms with E-state index in [4.69, 9.17) is 0 Å². The van der Waals surface area contributed by atoms with Gasteiger partial charge in [-0.3, -0.25) is 4.79 Å². The van der Waals surface area contributed by atoms with E-state index >= 15 is 0 Å². The molecule has 2 aliphatic rings. The maximum absolute atomic E-state index is 10.6. The van der Waals surface area contributed by atoms with Gasteiger partial charge in [-0.15, -0.1) is 0 Å². The van der Waals surface area contributed by atoms with E-state index in [1.54, 1.807) is 0 Å². The van der Waals surface area contributed by atoms with E-state index in [9.17, 15) is 4.79 Å². The minimum absolute atomic E-state index is 0. The standard InChI is InChI=1S/C6H9NO.CH4/c8-6-4-5-2-1-3-7(5)6;/h5H,1-4H2;1H4/t5-;/m1./s1. The van der Waals surface area contributed by atoms with Gasteiger partial charge in [-0.1, -0.05) is 7.43 Å². The lowest BCUT2D eigenvalue weighted by atomic mass is 10.0. The molecule has 2 heterocycles. The largest absolute Gasteiger partial charge is 0.339 e. The zero-order chi connectivity index (χ0) is 5.56. The molecular formula is C7H13NO. The highest BCUT2D eigenvalue weighted by molar-refractivity contribution is 5.83. The number of carbonyl (C=O) groups excluding carboxylic acids is 1. The first kappa shape index (κ1) is 6.59. The molecule has 0 radical (unpaired) electrons. The summed E-state index contributed by atoms with van der Waals surface area (Å²) < 4.78 is 0. The first-order valence-electron chi connectivity index (χ1n) is 3.17. The normalized spacial score (nSPS) is 30.9. The number of amides is 1. The van der Waals surface area contributed by atoms with Crippen molar-refractivity contribution in [1.29, 1.82) is 0 Å². The van der Waals surface area contributed by atoms with E-state index in [0.29, 0.717) is 11.9 Å². The number of nitrogens with zero attached hydrogens (tertiary/aromatic N) is 1. The number of fused-ring (bicyclic) bond motifs is 1. The Kier molecular flexibility index (Phi) is 1.47. The van der Waals surface area contributed by atoms with Gasteiger partial charge in [0.2, 0.25) is 5.91 Å². The van der Waals surface area contributed by atoms with Crippen LogP contribution in [0.3, 0.4) is 0 Å². The average Bonchev–Trinajstić information content (AvgIpc) is 2.09. The van der Waals surface area contributed by atoms with Gasteiger partial charge in [-0.2, -0.15) is 0 Å². The second-order valence-electron chi connectivity index (χ2n) is 2.59. The third-order valence-corrected chi connectivity index (χ3v) is 2.11. The highest BCUT2D eigenvalue weighted by atomic mass is 16.2. The van der Waals surface area contributed by atoms with Crippen LogP contribution in [0.1, 0.15) is 26.7 Å². The SMILES string of the molecule is C.O=C1C[C@H]2CCCN12. The smallest absolute Gasteiger partial charge is 0.224 e. The Bertz CT molecular complexity index is 133. The predicted molar refractivity (Wildman–Crippen MR) is 36.1 cm³/mol. The first-order valence-corrected chi connectivity index (χ1v) is 3.17. The van der Waals surface area contributed by atoms with Gasteiger partial charge in [0.1, 0.15) is 0 Å². The Morgan fingerprint density at radius 1 is 1.56 bits per heavy atom. The van der Waals surface area contributed by atoms with Gasteiger partial charge in [-0.25, -0.2) is 0 Å². The lowest BCUT2D eigenvalue weighted by Crippen LogP contribution is -2.47. The van der Waals surface area contributed by atoms with Crippen LogP contribution >= 0.6 is 0 Å². The molecule has 2 saturated heterocycles. The molecule has 2 fully saturated rings. The summed E-state index contributed by atoms with van der Waals surface area (Å²) >= 11 is 0. The molecule has 1 atom stereocenters. The summed E-state index contributed by atoms with van der Waals surface area (Å²) in [4.78, 5) is 12.6. The van der Waals surface area contributed by atoms with Crippen molar-refractivity contribution in [3.8, 4) is 0 Å². The third-order valence-electron chi connectivity index (χ3n) is 2.11. The van der Waals surface area contributed by atoms with Gasteiger partial charge < -0.3 is 4.90 Å². The minimum atomic E-state index is 0. The molecule has 0 aromatic carbocycles. The van der Waals surface area contributed by atoms with Crippen molar-refractivity contribution in [2.75, 3.05) is 6.54 Å². The number of hydrogen-bond donors (Lipinski definition) is 0. The van der Waals surface area contributed by atoms with Gasteiger partial charge in [0, 0.05) is 19.0 Å². The second kappa shape index (κ2) is 2.01. The number of hydrogen-bond acceptors (Lipinski definition) is 1. The van der Waals surface area contributed by atoms with Gasteiger partial charge in [0.15, 0.2) is 0 Å². The fourth-order valence-corrected chi connectivity index (χ4v) is 1.58. The minimum Gasteiger partial charge on any atom is -0.339 e. The topological polar surface area (TPSA) is 20.3 Å². The highest BCUT2D eigenvalue weighted by Crippen LogP contribution is 2.29. The van der Waals surface area contributed by atoms with Crippen molar-refractivity contribution in [3.05, 3.63) is 0 Å². The second-order valence-corrected chi connectivity index (χ2v) is 2.59. The quantitative estimate of drug-likeness (QED) is 0.445. The lowest BCUT2D eigenvalue weighted by Gasteiger charge is -2.33. The average molecular weight is 127 g/mol. The molecule has 52 valence electrons. The molecule has 0 aliphatic carbocycles. The van der Waals surface area contributed by atoms with Gasteiger partial charge >= 0.3 is 0 Å². The zero-order valence-corrected chi connectivity index (χ0v) is 4.76. The Morgan fingerprint density at radius 3 is 2.78 bits per heavy atom. The molecule has 0 aromatic heterocycles. The van der Waals surface area contributed by atoms with Crippen molar-refractivity contribution in [2.45, 2.75) is 32.7 Å². The molecule has 1 amide bonds. The lowest BCUT2D eigenvalue weighted by molar-refractivity contribution is -0.142. The van der Waals surface area contributed by atoms with Crippen molar-refractivity contribution in [3.63, 3.8) is 0 Å². The maximum atomic E-state index is 10.6. The van der Waals surface area contributed by atoms with Crippen LogP contribution in [0.2, 0.25) is 0 Å². The fraction of sp³-hybridized carbons (Fsp3) is 0.857. The summed E-state index contributed by atoms with van der Waals surface area (Å²) in [7, 11) is 0. The molecule has 2 heteroatoms. The van der Waals surface area contributed by atoms with Crippen LogP contribution in [0.25, 0.3) is 0 Å². The Balaban J connectivity index is 0.000000405. The van der Waals surface area contributed by atoms with E-state index in [1.807, 2.05) is 4.90 Å². The molecule has 0 aromatic rings. The van der Waals surface area contributed by atoms with Crippen LogP contribution in [0.5, 0.6) is 0 Å². The van der Waals surface area contributed by atoms with Crippen LogP contribution in [0.15, 0.2) is 0 Å². The Hall–Kier alpha value is -0.530. The summed E-state index contributed by atoms with van der Waals surface area (Å²) in [5, 5.41) is 0. The number of carbonyl (C=O) groups is 1. The molecule has 2 rings (SSSR count). The Morgan fingerprint density at radius 2 is 2.33 bits per heavy atom. The molecule has 2 nitrogen and oxygen atoms in total. The predicted octanol–water partition coefficient (Wildman–Crippen LogP) is 1.02. The molecular weight excluding hydrogens is 114 g/mol. The summed E-state index contributed by atoms with van der Waals surface area (Å²) in [6.07, 6.45) is 3.32. The van der Waals surface area contributed by atoms with Crippen molar-refractivity contribution in [2.24, 2.45) is 0 Å². The summed E-state index contributed by atoms with van der Waals surface area (Å²) in [5.41, 5.74) is 0. The van der Waals surface area contributed by atoms with E-state index in [1.165, 1.54) is 12.8 Å². The van der Waals surface area contributed by atoms with Crippen molar-refractivity contribution in [1.82, 2.24) is 4.90 Å². The fourth-order valence-electron chi connectivity index (χ4n) is 1.58. The van der Waals surface area contributed by atoms with E-state index in [-0.39, 0.29) is 7.43 Å². The summed E-state index contributed by atoms with van der Waals surface area (Å²) in [6.45, 7) is 1.03. The molecule has 0 unspecified atom stereocenters. The van der Waals surface area contributed by atoms with Gasteiger partial charge in [0.25, 0.3) is 0 Å². The summed E-state index contributed by atoms with van der Waals surface area (Å²) in [6, 6.07) is 0.655. The number of β-lactam (4-membered cyclic amide) rings is 1. The maximum Gasteiger partial charge on any atom is 0.224 e. The van der Waals surface area contributed by atoms with Crippen molar-refractivity contribution < 1.29 is 4.79 Å². The Labute approximate surface area is 55.8 Å². The van der Waals surface area contributed by atoms with E-state index in [0.717, 1.165) is 13.0 Å². The van der Waals surface area contributed by atoms with Crippen LogP contribution in [-0.4, -0.2) is 23.4 Å². The molecule has 0 saturated carbocycles. The monoisotopic (exact) mass is 127 g/mol. The van der Waals surface area contributed by atoms with Gasteiger partial charge in [-0.05, 0) is 12.8 Å². The van der Waals surface area contributed by atoms with Crippen LogP contribution in [-0.2, 0) is 4.79 Å². The molecule has 0 N–H and O–H groups in total. The van der Waals surface area contributed by atoms with E-state index in [2.05, 4.69) is 0 Å². The molecule has 0 bridgehead atoms. The van der Waals surface area contributed by atoms with Crippen molar-refractivity contribution >= 4 is 5.91 Å². The molecule has 2 aliphatic heterocycles. The molecule has 0 spiro atoms. The van der Waals surface area contributed by atoms with Crippen LogP contribution in [0.4, 0.5) is 0 Å². The van der Waals surface area contributed by atoms with Crippen LogP contribution < -0.4 is 0 Å². The van der Waals surface area contributed by atoms with Crippen LogP contribution in [0, 0.1) is 0 Å². The summed E-state index contributed by atoms with van der Waals surface area (Å²) in [5.74, 6) is 0.368. The zero-order valence-electron chi connectivity index (χ0n) is 4.76. The molecule has 9 heavy (non-hydrogen) atoms. The van der Waals surface area contributed by atoms with E-state index < -0.39 is 0 Å². The van der Waals surface area contributed by atoms with Gasteiger partial charge in [0.05, 0.1) is 0 Å². The number of rotatable bonds is 0. The third kappa shape index (κ3) is 0.732.